The number of nitrogens with one attached hydrogen (secondary N) is 1. The van der Waals surface area contributed by atoms with E-state index in [9.17, 15) is 4.79 Å². The molecule has 1 aliphatic heterocycles. The summed E-state index contributed by atoms with van der Waals surface area (Å²) in [6, 6.07) is 0. The van der Waals surface area contributed by atoms with Crippen molar-refractivity contribution in [2.75, 3.05) is 17.8 Å². The van der Waals surface area contributed by atoms with Gasteiger partial charge >= 0.3 is 0 Å². The summed E-state index contributed by atoms with van der Waals surface area (Å²) >= 11 is 2.12. The minimum Gasteiger partial charge on any atom is -0.381 e. The highest BCUT2D eigenvalue weighted by molar-refractivity contribution is 14.1. The summed E-state index contributed by atoms with van der Waals surface area (Å²) in [5.74, 6) is 0.238. The van der Waals surface area contributed by atoms with Gasteiger partial charge in [0.05, 0.1) is 17.1 Å². The summed E-state index contributed by atoms with van der Waals surface area (Å²) in [4.78, 5) is 11.0. The van der Waals surface area contributed by atoms with E-state index in [1.165, 1.54) is 0 Å². The van der Waals surface area contributed by atoms with Gasteiger partial charge in [0.1, 0.15) is 0 Å². The van der Waals surface area contributed by atoms with Crippen LogP contribution in [-0.4, -0.2) is 23.7 Å². The number of hydrogen-bond donors (Lipinski definition) is 1. The Labute approximate surface area is 73.6 Å². The Balaban J connectivity index is 2.25. The summed E-state index contributed by atoms with van der Waals surface area (Å²) in [7, 11) is 0. The first-order chi connectivity index (χ1) is 4.84. The molecule has 4 heteroatoms. The lowest BCUT2D eigenvalue weighted by Crippen LogP contribution is -2.29. The van der Waals surface area contributed by atoms with E-state index in [-0.39, 0.29) is 11.8 Å². The first-order valence-corrected chi connectivity index (χ1v) is 4.78. The third-order valence-electron chi connectivity index (χ3n) is 1.54. The molecule has 1 atom stereocenters. The molecule has 1 saturated heterocycles. The van der Waals surface area contributed by atoms with Gasteiger partial charge in [-0.1, -0.05) is 22.6 Å². The maximum Gasteiger partial charge on any atom is 0.226 e. The van der Waals surface area contributed by atoms with E-state index in [2.05, 4.69) is 27.9 Å². The third-order valence-corrected chi connectivity index (χ3v) is 1.92. The molecular weight excluding hydrogens is 245 g/mol. The van der Waals surface area contributed by atoms with E-state index in [0.717, 1.165) is 13.0 Å². The van der Waals surface area contributed by atoms with Gasteiger partial charge in [-0.3, -0.25) is 4.79 Å². The minimum atomic E-state index is 0.106. The monoisotopic (exact) mass is 255 g/mol. The number of halogens is 1. The summed E-state index contributed by atoms with van der Waals surface area (Å²) in [5, 5.41) is 2.76. The fraction of sp³-hybridized carbons (Fsp3) is 0.833. The molecule has 0 radical (unpaired) electrons. The van der Waals surface area contributed by atoms with Crippen LogP contribution >= 0.6 is 22.6 Å². The van der Waals surface area contributed by atoms with Crippen LogP contribution < -0.4 is 5.32 Å². The molecule has 0 bridgehead atoms. The SMILES string of the molecule is O=C(NCI)C1CCOC1. The molecule has 10 heavy (non-hydrogen) atoms. The van der Waals surface area contributed by atoms with E-state index >= 15 is 0 Å². The first-order valence-electron chi connectivity index (χ1n) is 3.26. The van der Waals surface area contributed by atoms with Crippen LogP contribution in [0.2, 0.25) is 0 Å². The molecule has 58 valence electrons. The van der Waals surface area contributed by atoms with Crippen LogP contribution in [-0.2, 0) is 9.53 Å². The van der Waals surface area contributed by atoms with Crippen molar-refractivity contribution in [1.29, 1.82) is 0 Å². The maximum absolute atomic E-state index is 11.0. The van der Waals surface area contributed by atoms with Gasteiger partial charge in [0, 0.05) is 6.61 Å². The van der Waals surface area contributed by atoms with E-state index in [1.54, 1.807) is 0 Å². The lowest BCUT2D eigenvalue weighted by atomic mass is 10.1. The van der Waals surface area contributed by atoms with Gasteiger partial charge in [0.15, 0.2) is 0 Å². The predicted octanol–water partition coefficient (Wildman–Crippen LogP) is 0.532. The summed E-state index contributed by atoms with van der Waals surface area (Å²) in [5.41, 5.74) is 0. The molecule has 0 saturated carbocycles. The average molecular weight is 255 g/mol. The molecule has 0 aromatic carbocycles. The van der Waals surface area contributed by atoms with Crippen molar-refractivity contribution in [3.05, 3.63) is 0 Å². The van der Waals surface area contributed by atoms with E-state index in [1.807, 2.05) is 0 Å². The molecule has 1 heterocycles. The molecule has 1 aliphatic rings. The lowest BCUT2D eigenvalue weighted by molar-refractivity contribution is -0.124. The van der Waals surface area contributed by atoms with Gasteiger partial charge < -0.3 is 10.1 Å². The predicted molar refractivity (Wildman–Crippen MR) is 46.0 cm³/mol. The molecule has 3 nitrogen and oxygen atoms in total. The minimum absolute atomic E-state index is 0.106. The molecule has 1 rings (SSSR count). The number of carbonyl (C=O) groups excluding carboxylic acids is 1. The van der Waals surface area contributed by atoms with Crippen molar-refractivity contribution in [2.24, 2.45) is 5.92 Å². The number of carbonyl (C=O) groups is 1. The molecule has 1 N–H and O–H groups in total. The Kier molecular flexibility index (Phi) is 3.41. The second kappa shape index (κ2) is 4.12. The van der Waals surface area contributed by atoms with Crippen LogP contribution in [0.3, 0.4) is 0 Å². The number of hydrogen-bond acceptors (Lipinski definition) is 2. The fourth-order valence-corrected chi connectivity index (χ4v) is 1.33. The van der Waals surface area contributed by atoms with Gasteiger partial charge in [-0.15, -0.1) is 0 Å². The van der Waals surface area contributed by atoms with Crippen LogP contribution in [0.25, 0.3) is 0 Å². The fourth-order valence-electron chi connectivity index (χ4n) is 0.951. The van der Waals surface area contributed by atoms with Crippen LogP contribution in [0, 0.1) is 5.92 Å². The smallest absolute Gasteiger partial charge is 0.226 e. The Morgan fingerprint density at radius 2 is 2.60 bits per heavy atom. The maximum atomic E-state index is 11.0. The van der Waals surface area contributed by atoms with Gasteiger partial charge in [-0.25, -0.2) is 0 Å². The highest BCUT2D eigenvalue weighted by Crippen LogP contribution is 2.11. The Hall–Kier alpha value is 0.160. The molecule has 0 spiro atoms. The van der Waals surface area contributed by atoms with E-state index < -0.39 is 0 Å². The van der Waals surface area contributed by atoms with Gasteiger partial charge in [-0.05, 0) is 6.42 Å². The van der Waals surface area contributed by atoms with Crippen LogP contribution in [0.1, 0.15) is 6.42 Å². The van der Waals surface area contributed by atoms with Gasteiger partial charge in [0.2, 0.25) is 5.91 Å². The third kappa shape index (κ3) is 2.09. The zero-order valence-corrected chi connectivity index (χ0v) is 7.76. The lowest BCUT2D eigenvalue weighted by Gasteiger charge is -2.05. The van der Waals surface area contributed by atoms with Crippen molar-refractivity contribution in [3.8, 4) is 0 Å². The van der Waals surface area contributed by atoms with Crippen LogP contribution in [0.4, 0.5) is 0 Å². The number of alkyl halides is 1. The zero-order chi connectivity index (χ0) is 7.40. The molecular formula is C6H10INO2. The largest absolute Gasteiger partial charge is 0.381 e. The second-order valence-corrected chi connectivity index (χ2v) is 3.00. The van der Waals surface area contributed by atoms with Crippen molar-refractivity contribution < 1.29 is 9.53 Å². The number of ether oxygens (including phenoxy) is 1. The van der Waals surface area contributed by atoms with E-state index in [0.29, 0.717) is 11.2 Å². The highest BCUT2D eigenvalue weighted by Gasteiger charge is 2.22. The first kappa shape index (κ1) is 8.26. The van der Waals surface area contributed by atoms with Crippen LogP contribution in [0.15, 0.2) is 0 Å². The zero-order valence-electron chi connectivity index (χ0n) is 5.60. The second-order valence-electron chi connectivity index (χ2n) is 2.24. The molecule has 0 aliphatic carbocycles. The normalized spacial score (nSPS) is 24.7. The molecule has 0 aromatic heterocycles. The summed E-state index contributed by atoms with van der Waals surface area (Å²) < 4.78 is 5.75. The van der Waals surface area contributed by atoms with Crippen molar-refractivity contribution >= 4 is 28.5 Å². The van der Waals surface area contributed by atoms with E-state index in [4.69, 9.17) is 4.74 Å². The summed E-state index contributed by atoms with van der Waals surface area (Å²) in [6.45, 7) is 1.34. The Morgan fingerprint density at radius 1 is 1.80 bits per heavy atom. The molecule has 1 unspecified atom stereocenters. The highest BCUT2D eigenvalue weighted by atomic mass is 127. The summed E-state index contributed by atoms with van der Waals surface area (Å²) in [6.07, 6.45) is 0.877. The molecule has 1 fully saturated rings. The Bertz CT molecular complexity index is 123. The van der Waals surface area contributed by atoms with Gasteiger partial charge in [-0.2, -0.15) is 0 Å². The van der Waals surface area contributed by atoms with Gasteiger partial charge in [0.25, 0.3) is 0 Å². The molecule has 0 aromatic rings. The van der Waals surface area contributed by atoms with Crippen LogP contribution in [0.5, 0.6) is 0 Å². The Morgan fingerprint density at radius 3 is 3.10 bits per heavy atom. The van der Waals surface area contributed by atoms with Crippen molar-refractivity contribution in [1.82, 2.24) is 5.32 Å². The van der Waals surface area contributed by atoms with Crippen molar-refractivity contribution in [2.45, 2.75) is 6.42 Å². The number of amides is 1. The standard InChI is InChI=1S/C6H10INO2/c7-4-8-6(9)5-1-2-10-3-5/h5H,1-4H2,(H,8,9). The van der Waals surface area contributed by atoms with Crippen molar-refractivity contribution in [3.63, 3.8) is 0 Å². The number of rotatable bonds is 2. The molecule has 1 amide bonds. The topological polar surface area (TPSA) is 38.3 Å². The average Bonchev–Trinajstić information content (AvgIpc) is 2.38. The quantitative estimate of drug-likeness (QED) is 0.444.